The molecule has 1 fully saturated rings. The number of carbonyl (C=O) groups is 2. The lowest BCUT2D eigenvalue weighted by Gasteiger charge is -2.21. The minimum Gasteiger partial charge on any atom is -0.497 e. The first-order valence-electron chi connectivity index (χ1n) is 9.98. The Morgan fingerprint density at radius 1 is 0.900 bits per heavy atom. The summed E-state index contributed by atoms with van der Waals surface area (Å²) in [6.45, 7) is 0.363. The molecule has 0 heterocycles. The van der Waals surface area contributed by atoms with E-state index in [4.69, 9.17) is 14.2 Å². The van der Waals surface area contributed by atoms with Crippen LogP contribution < -0.4 is 24.8 Å². The third-order valence-electron chi connectivity index (χ3n) is 5.40. The van der Waals surface area contributed by atoms with E-state index in [9.17, 15) is 9.59 Å². The van der Waals surface area contributed by atoms with E-state index in [1.807, 2.05) is 12.1 Å². The summed E-state index contributed by atoms with van der Waals surface area (Å²) in [6.07, 6.45) is 2.44. The summed E-state index contributed by atoms with van der Waals surface area (Å²) in [6, 6.07) is 12.3. The molecule has 7 heteroatoms. The zero-order valence-electron chi connectivity index (χ0n) is 17.6. The van der Waals surface area contributed by atoms with Crippen molar-refractivity contribution in [3.05, 3.63) is 53.6 Å². The van der Waals surface area contributed by atoms with Crippen molar-refractivity contribution < 1.29 is 23.8 Å². The first-order valence-corrected chi connectivity index (χ1v) is 9.98. The molecule has 2 amide bonds. The fraction of sp³-hybridized carbons (Fsp3) is 0.391. The van der Waals surface area contributed by atoms with Crippen LogP contribution in [0.3, 0.4) is 0 Å². The van der Waals surface area contributed by atoms with Gasteiger partial charge >= 0.3 is 0 Å². The van der Waals surface area contributed by atoms with Crippen molar-refractivity contribution in [1.82, 2.24) is 10.6 Å². The summed E-state index contributed by atoms with van der Waals surface area (Å²) in [5, 5.41) is 6.00. The van der Waals surface area contributed by atoms with Gasteiger partial charge in [-0.2, -0.15) is 0 Å². The summed E-state index contributed by atoms with van der Waals surface area (Å²) in [7, 11) is 4.76. The van der Waals surface area contributed by atoms with Gasteiger partial charge in [0, 0.05) is 24.2 Å². The second kappa shape index (κ2) is 10.0. The van der Waals surface area contributed by atoms with Gasteiger partial charge in [-0.05, 0) is 54.8 Å². The molecule has 0 aromatic heterocycles. The summed E-state index contributed by atoms with van der Waals surface area (Å²) < 4.78 is 15.7. The summed E-state index contributed by atoms with van der Waals surface area (Å²) in [4.78, 5) is 25.4. The molecule has 0 radical (unpaired) electrons. The van der Waals surface area contributed by atoms with Gasteiger partial charge in [-0.25, -0.2) is 0 Å². The molecule has 30 heavy (non-hydrogen) atoms. The van der Waals surface area contributed by atoms with Gasteiger partial charge in [0.05, 0.1) is 27.2 Å². The minimum atomic E-state index is -0.250. The number of ether oxygens (including phenoxy) is 3. The van der Waals surface area contributed by atoms with Gasteiger partial charge in [0.2, 0.25) is 5.91 Å². The average molecular weight is 412 g/mol. The molecule has 0 saturated heterocycles. The number of carbonyl (C=O) groups excluding carboxylic acids is 2. The van der Waals surface area contributed by atoms with Crippen LogP contribution in [0.15, 0.2) is 42.5 Å². The highest BCUT2D eigenvalue weighted by molar-refractivity contribution is 5.95. The normalized spacial score (nSPS) is 17.8. The van der Waals surface area contributed by atoms with Crippen molar-refractivity contribution in [2.45, 2.75) is 31.8 Å². The first-order chi connectivity index (χ1) is 14.5. The summed E-state index contributed by atoms with van der Waals surface area (Å²) in [5.41, 5.74) is 1.43. The van der Waals surface area contributed by atoms with E-state index in [1.54, 1.807) is 51.7 Å². The van der Waals surface area contributed by atoms with E-state index in [1.165, 1.54) is 0 Å². The van der Waals surface area contributed by atoms with Gasteiger partial charge in [0.1, 0.15) is 17.2 Å². The number of hydrogen-bond acceptors (Lipinski definition) is 5. The second-order valence-corrected chi connectivity index (χ2v) is 7.28. The lowest BCUT2D eigenvalue weighted by atomic mass is 10.0. The molecule has 0 aliphatic heterocycles. The lowest BCUT2D eigenvalue weighted by Crippen LogP contribution is -2.43. The molecular weight excluding hydrogens is 384 g/mol. The molecule has 2 N–H and O–H groups in total. The fourth-order valence-electron chi connectivity index (χ4n) is 3.73. The highest BCUT2D eigenvalue weighted by atomic mass is 16.5. The van der Waals surface area contributed by atoms with Crippen molar-refractivity contribution in [2.24, 2.45) is 5.92 Å². The number of nitrogens with one attached hydrogen (secondary N) is 2. The number of benzene rings is 2. The third kappa shape index (κ3) is 5.23. The van der Waals surface area contributed by atoms with Crippen molar-refractivity contribution in [3.8, 4) is 17.2 Å². The van der Waals surface area contributed by atoms with Gasteiger partial charge in [0.25, 0.3) is 5.91 Å². The molecule has 2 atom stereocenters. The van der Waals surface area contributed by atoms with Crippen molar-refractivity contribution in [3.63, 3.8) is 0 Å². The quantitative estimate of drug-likeness (QED) is 0.696. The van der Waals surface area contributed by atoms with Gasteiger partial charge in [-0.1, -0.05) is 6.42 Å². The van der Waals surface area contributed by atoms with E-state index in [0.717, 1.165) is 24.8 Å². The van der Waals surface area contributed by atoms with Crippen LogP contribution in [0.2, 0.25) is 0 Å². The van der Waals surface area contributed by atoms with Gasteiger partial charge in [-0.3, -0.25) is 9.59 Å². The zero-order chi connectivity index (χ0) is 21.5. The van der Waals surface area contributed by atoms with Crippen LogP contribution in [-0.2, 0) is 11.3 Å². The number of methoxy groups -OCH3 is 3. The van der Waals surface area contributed by atoms with Gasteiger partial charge in [-0.15, -0.1) is 0 Å². The van der Waals surface area contributed by atoms with Crippen LogP contribution in [0.25, 0.3) is 0 Å². The Kier molecular flexibility index (Phi) is 7.17. The van der Waals surface area contributed by atoms with Crippen LogP contribution >= 0.6 is 0 Å². The first kappa shape index (κ1) is 21.5. The lowest BCUT2D eigenvalue weighted by molar-refractivity contribution is -0.125. The Bertz CT molecular complexity index is 859. The van der Waals surface area contributed by atoms with Gasteiger partial charge < -0.3 is 24.8 Å². The Labute approximate surface area is 176 Å². The molecule has 3 rings (SSSR count). The average Bonchev–Trinajstić information content (AvgIpc) is 3.25. The molecular formula is C23H28N2O5. The highest BCUT2D eigenvalue weighted by Gasteiger charge is 2.34. The van der Waals surface area contributed by atoms with Crippen LogP contribution in [0, 0.1) is 5.92 Å². The maximum atomic E-state index is 12.8. The molecule has 0 unspecified atom stereocenters. The molecule has 1 aliphatic rings. The largest absolute Gasteiger partial charge is 0.497 e. The third-order valence-corrected chi connectivity index (χ3v) is 5.40. The van der Waals surface area contributed by atoms with Crippen molar-refractivity contribution >= 4 is 11.8 Å². The van der Waals surface area contributed by atoms with Crippen LogP contribution in [0.5, 0.6) is 17.2 Å². The maximum Gasteiger partial charge on any atom is 0.251 e. The van der Waals surface area contributed by atoms with Crippen LogP contribution in [0.4, 0.5) is 0 Å². The molecule has 160 valence electrons. The summed E-state index contributed by atoms with van der Waals surface area (Å²) in [5.74, 6) is 1.54. The molecule has 0 spiro atoms. The SMILES string of the molecule is COc1ccc(C(=O)N[C@@H]2CCC[C@@H]2C(=O)NCc2cc(OC)cc(OC)c2)cc1. The standard InChI is InChI=1S/C23H28N2O5/c1-28-17-9-7-16(8-10-17)22(26)25-21-6-4-5-20(21)23(27)24-14-15-11-18(29-2)13-19(12-15)30-3/h7-13,20-21H,4-6,14H2,1-3H3,(H,24,27)(H,25,26)/t20-,21+/m0/s1. The number of hydrogen-bond donors (Lipinski definition) is 2. The Balaban J connectivity index is 1.59. The predicted octanol–water partition coefficient (Wildman–Crippen LogP) is 2.93. The number of rotatable bonds is 8. The molecule has 1 saturated carbocycles. The van der Waals surface area contributed by atoms with E-state index in [0.29, 0.717) is 29.4 Å². The maximum absolute atomic E-state index is 12.8. The molecule has 0 bridgehead atoms. The Hall–Kier alpha value is -3.22. The van der Waals surface area contributed by atoms with Crippen molar-refractivity contribution in [1.29, 1.82) is 0 Å². The smallest absolute Gasteiger partial charge is 0.251 e. The minimum absolute atomic E-state index is 0.0608. The van der Waals surface area contributed by atoms with Crippen LogP contribution in [0.1, 0.15) is 35.2 Å². The van der Waals surface area contributed by atoms with E-state index in [2.05, 4.69) is 10.6 Å². The van der Waals surface area contributed by atoms with Gasteiger partial charge in [0.15, 0.2) is 0 Å². The second-order valence-electron chi connectivity index (χ2n) is 7.28. The molecule has 2 aromatic rings. The van der Waals surface area contributed by atoms with Crippen LogP contribution in [-0.4, -0.2) is 39.2 Å². The van der Waals surface area contributed by atoms with E-state index < -0.39 is 0 Å². The monoisotopic (exact) mass is 412 g/mol. The Morgan fingerprint density at radius 3 is 2.13 bits per heavy atom. The van der Waals surface area contributed by atoms with Crippen molar-refractivity contribution in [2.75, 3.05) is 21.3 Å². The Morgan fingerprint density at radius 2 is 1.53 bits per heavy atom. The molecule has 7 nitrogen and oxygen atoms in total. The zero-order valence-corrected chi connectivity index (χ0v) is 17.6. The predicted molar refractivity (Wildman–Crippen MR) is 113 cm³/mol. The van der Waals surface area contributed by atoms with E-state index in [-0.39, 0.29) is 23.8 Å². The molecule has 1 aliphatic carbocycles. The topological polar surface area (TPSA) is 85.9 Å². The van der Waals surface area contributed by atoms with E-state index >= 15 is 0 Å². The number of amides is 2. The fourth-order valence-corrected chi connectivity index (χ4v) is 3.73. The summed E-state index contributed by atoms with van der Waals surface area (Å²) >= 11 is 0. The molecule has 2 aromatic carbocycles. The highest BCUT2D eigenvalue weighted by Crippen LogP contribution is 2.27.